The summed E-state index contributed by atoms with van der Waals surface area (Å²) in [6.45, 7) is 0. The molecule has 11 rings (SSSR count). The minimum Gasteiger partial charge on any atom is -0.292 e. The van der Waals surface area contributed by atoms with Crippen molar-refractivity contribution >= 4 is 54.6 Å². The first kappa shape index (κ1) is 17.7. The van der Waals surface area contributed by atoms with E-state index in [1.165, 1.54) is 0 Å². The van der Waals surface area contributed by atoms with Crippen molar-refractivity contribution in [1.82, 2.24) is 33.6 Å². The van der Waals surface area contributed by atoms with E-state index in [2.05, 4.69) is 0 Å². The van der Waals surface area contributed by atoms with E-state index in [1.807, 2.05) is 65.2 Å². The zero-order valence-corrected chi connectivity index (χ0v) is 27.1. The highest BCUT2D eigenvalue weighted by atomic mass is 15.3. The van der Waals surface area contributed by atoms with Crippen LogP contribution in [0.2, 0.25) is 0 Å². The van der Waals surface area contributed by atoms with E-state index < -0.39 is 109 Å². The van der Waals surface area contributed by atoms with Crippen LogP contribution in [-0.4, -0.2) is 33.6 Å². The van der Waals surface area contributed by atoms with Gasteiger partial charge in [0.1, 0.15) is 5.82 Å². The maximum absolute atomic E-state index is 9.20. The fourth-order valence-corrected chi connectivity index (χ4v) is 6.78. The molecule has 0 radical (unpaired) electrons. The lowest BCUT2D eigenvalue weighted by molar-refractivity contribution is 0.892. The Morgan fingerprint density at radius 1 is 0.396 bits per heavy atom. The van der Waals surface area contributed by atoms with Crippen LogP contribution in [0.15, 0.2) is 176 Å². The third kappa shape index (κ3) is 4.54. The van der Waals surface area contributed by atoms with Crippen molar-refractivity contribution in [3.63, 3.8) is 0 Å². The van der Waals surface area contributed by atoms with Crippen molar-refractivity contribution < 1.29 is 21.9 Å². The molecule has 7 heteroatoms. The fourth-order valence-electron chi connectivity index (χ4n) is 6.78. The molecule has 0 N–H and O–H groups in total. The first-order valence-electron chi connectivity index (χ1n) is 24.4. The Hall–Kier alpha value is -7.38. The van der Waals surface area contributed by atoms with Gasteiger partial charge in [0.15, 0.2) is 5.82 Å². The summed E-state index contributed by atoms with van der Waals surface area (Å²) in [5.74, 6) is -0.542. The number of hydrogen-bond acceptors (Lipinski definition) is 4. The van der Waals surface area contributed by atoms with E-state index in [0.717, 1.165) is 20.2 Å². The number of nitrogens with zero attached hydrogens (tertiary/aromatic N) is 7. The summed E-state index contributed by atoms with van der Waals surface area (Å²) in [7, 11) is 0. The van der Waals surface area contributed by atoms with Crippen LogP contribution in [0.4, 0.5) is 0 Å². The van der Waals surface area contributed by atoms with Crippen LogP contribution in [0.5, 0.6) is 0 Å². The predicted molar refractivity (Wildman–Crippen MR) is 214 cm³/mol. The molecule has 0 aliphatic heterocycles. The Morgan fingerprint density at radius 2 is 0.887 bits per heavy atom. The van der Waals surface area contributed by atoms with Gasteiger partial charge in [-0.1, -0.05) is 127 Å². The Morgan fingerprint density at radius 3 is 1.45 bits per heavy atom. The van der Waals surface area contributed by atoms with Gasteiger partial charge in [0.25, 0.3) is 0 Å². The van der Waals surface area contributed by atoms with E-state index in [4.69, 9.17) is 36.4 Å². The Bertz CT molecular complexity index is 3780. The molecule has 0 atom stereocenters. The molecule has 0 spiro atoms. The van der Waals surface area contributed by atoms with Gasteiger partial charge in [-0.15, -0.1) is 0 Å². The highest BCUT2D eigenvalue weighted by molar-refractivity contribution is 6.10. The maximum atomic E-state index is 9.20. The molecular formula is C46H29N7. The van der Waals surface area contributed by atoms with Gasteiger partial charge in [0.2, 0.25) is 11.9 Å². The molecule has 53 heavy (non-hydrogen) atoms. The Kier molecular flexibility index (Phi) is 3.87. The van der Waals surface area contributed by atoms with E-state index in [1.54, 1.807) is 18.2 Å². The molecule has 4 heterocycles. The first-order valence-corrected chi connectivity index (χ1v) is 16.4. The third-order valence-corrected chi connectivity index (χ3v) is 9.03. The van der Waals surface area contributed by atoms with E-state index in [0.29, 0.717) is 17.0 Å². The molecule has 11 aromatic rings. The van der Waals surface area contributed by atoms with Gasteiger partial charge in [-0.2, -0.15) is 15.0 Å². The lowest BCUT2D eigenvalue weighted by Crippen LogP contribution is -2.10. The summed E-state index contributed by atoms with van der Waals surface area (Å²) in [6.07, 6.45) is 0. The monoisotopic (exact) mass is 695 g/mol. The average molecular weight is 696 g/mol. The number of rotatable bonds is 5. The second kappa shape index (κ2) is 11.6. The van der Waals surface area contributed by atoms with Crippen LogP contribution in [0.3, 0.4) is 0 Å². The summed E-state index contributed by atoms with van der Waals surface area (Å²) in [5, 5.41) is -1.08. The molecule has 0 saturated carbocycles. The van der Waals surface area contributed by atoms with Gasteiger partial charge in [-0.25, -0.2) is 4.98 Å². The predicted octanol–water partition coefficient (Wildman–Crippen LogP) is 10.7. The molecule has 0 bridgehead atoms. The molecule has 0 fully saturated rings. The second-order valence-corrected chi connectivity index (χ2v) is 12.0. The van der Waals surface area contributed by atoms with Crippen molar-refractivity contribution in [2.24, 2.45) is 0 Å². The molecule has 0 aliphatic carbocycles. The van der Waals surface area contributed by atoms with Gasteiger partial charge in [0, 0.05) is 38.4 Å². The standard InChI is InChI=1S/C46H29N7/c1-2-15-30(16-3-1)44-47-37-23-8-13-28-42(37)51(44)32-18-14-17-31(29-32)43-48-45(52-38-24-9-4-19-33(38)34-20-5-10-25-39(34)52)50-46(49-43)53-40-26-11-6-21-35(40)36-22-7-12-27-41(36)53/h1-29H/i4D,5D,6D,7D,9D,10D,11D,12D,19D,20D,21D,22D,24D,25D,26D,27D. The quantitative estimate of drug-likeness (QED) is 0.180. The van der Waals surface area contributed by atoms with Crippen LogP contribution < -0.4 is 0 Å². The molecule has 4 aromatic heterocycles. The highest BCUT2D eigenvalue weighted by Crippen LogP contribution is 2.35. The number of fused-ring (bicyclic) bond motifs is 7. The zero-order chi connectivity index (χ0) is 48.8. The summed E-state index contributed by atoms with van der Waals surface area (Å²) >= 11 is 0. The Balaban J connectivity index is 1.33. The number of para-hydroxylation sites is 6. The van der Waals surface area contributed by atoms with Crippen LogP contribution >= 0.6 is 0 Å². The molecule has 7 nitrogen and oxygen atoms in total. The fraction of sp³-hybridized carbons (Fsp3) is 0. The molecule has 0 amide bonds. The molecular weight excluding hydrogens is 651 g/mol. The summed E-state index contributed by atoms with van der Waals surface area (Å²) < 4.78 is 146. The number of imidazole rings is 1. The molecule has 248 valence electrons. The van der Waals surface area contributed by atoms with Crippen LogP contribution in [0.25, 0.3) is 95.0 Å². The van der Waals surface area contributed by atoms with Gasteiger partial charge in [-0.3, -0.25) is 13.7 Å². The van der Waals surface area contributed by atoms with E-state index >= 15 is 0 Å². The van der Waals surface area contributed by atoms with Gasteiger partial charge in [0.05, 0.1) is 55.0 Å². The van der Waals surface area contributed by atoms with Crippen molar-refractivity contribution in [3.05, 3.63) is 176 Å². The molecule has 7 aromatic carbocycles. The van der Waals surface area contributed by atoms with E-state index in [9.17, 15) is 5.48 Å². The van der Waals surface area contributed by atoms with E-state index in [-0.39, 0.29) is 55.0 Å². The van der Waals surface area contributed by atoms with Crippen molar-refractivity contribution in [3.8, 4) is 40.4 Å². The van der Waals surface area contributed by atoms with Crippen molar-refractivity contribution in [1.29, 1.82) is 0 Å². The van der Waals surface area contributed by atoms with Gasteiger partial charge < -0.3 is 0 Å². The largest absolute Gasteiger partial charge is 0.292 e. The number of benzene rings is 7. The Labute approximate surface area is 326 Å². The summed E-state index contributed by atoms with van der Waals surface area (Å²) in [4.78, 5) is 19.5. The third-order valence-electron chi connectivity index (χ3n) is 9.03. The van der Waals surface area contributed by atoms with Crippen LogP contribution in [0, 0.1) is 0 Å². The number of aromatic nitrogens is 7. The molecule has 0 saturated heterocycles. The number of hydrogen-bond donors (Lipinski definition) is 0. The minimum atomic E-state index is -0.704. The maximum Gasteiger partial charge on any atom is 0.240 e. The van der Waals surface area contributed by atoms with Crippen LogP contribution in [-0.2, 0) is 0 Å². The SMILES string of the molecule is [2H]c1c([2H])c([2H])c2c(c1[2H])c1c([2H])c([2H])c([2H])c([2H])c1n2-c1nc(-c2cccc(-n3c(-c4ccccc4)nc4ccccc43)c2)nc(-n2c3c([2H])c([2H])c([2H])c([2H])c3c3c([2H])c([2H])c([2H])c([2H])c32)n1. The topological polar surface area (TPSA) is 66.3 Å². The highest BCUT2D eigenvalue weighted by Gasteiger charge is 2.21. The molecule has 0 aliphatic rings. The average Bonchev–Trinajstić information content (AvgIpc) is 4.06. The minimum absolute atomic E-state index is 0.170. The first-order chi connectivity index (χ1) is 32.9. The van der Waals surface area contributed by atoms with Gasteiger partial charge >= 0.3 is 0 Å². The lowest BCUT2D eigenvalue weighted by atomic mass is 10.1. The van der Waals surface area contributed by atoms with Crippen molar-refractivity contribution in [2.75, 3.05) is 0 Å². The summed E-state index contributed by atoms with van der Waals surface area (Å²) in [5.41, 5.74) is 1.76. The zero-order valence-electron chi connectivity index (χ0n) is 43.1. The smallest absolute Gasteiger partial charge is 0.240 e. The van der Waals surface area contributed by atoms with Crippen molar-refractivity contribution in [2.45, 2.75) is 0 Å². The summed E-state index contributed by atoms with van der Waals surface area (Å²) in [6, 6.07) is 13.4. The molecule has 0 unspecified atom stereocenters. The second-order valence-electron chi connectivity index (χ2n) is 12.0. The van der Waals surface area contributed by atoms with Gasteiger partial charge in [-0.05, 0) is 48.4 Å². The van der Waals surface area contributed by atoms with Crippen LogP contribution in [0.1, 0.15) is 21.9 Å². The lowest BCUT2D eigenvalue weighted by Gasteiger charge is -2.14. The normalized spacial score (nSPS) is 16.0.